The first-order chi connectivity index (χ1) is 9.17. The second kappa shape index (κ2) is 8.26. The molecule has 1 aromatic carbocycles. The summed E-state index contributed by atoms with van der Waals surface area (Å²) >= 11 is 0. The predicted molar refractivity (Wildman–Crippen MR) is 70.4 cm³/mol. The van der Waals surface area contributed by atoms with Crippen molar-refractivity contribution in [1.29, 1.82) is 0 Å². The van der Waals surface area contributed by atoms with Gasteiger partial charge in [-0.25, -0.2) is 4.79 Å². The molecule has 0 aliphatic rings. The highest BCUT2D eigenvalue weighted by atomic mass is 16.5. The molecule has 0 saturated carbocycles. The Morgan fingerprint density at radius 3 is 2.58 bits per heavy atom. The van der Waals surface area contributed by atoms with Crippen LogP contribution in [0.25, 0.3) is 0 Å². The predicted octanol–water partition coefficient (Wildman–Crippen LogP) is 0.659. The van der Waals surface area contributed by atoms with Gasteiger partial charge >= 0.3 is 5.97 Å². The van der Waals surface area contributed by atoms with Gasteiger partial charge in [-0.2, -0.15) is 0 Å². The molecule has 0 radical (unpaired) electrons. The molecular weight excluding hydrogens is 246 g/mol. The first-order valence-electron chi connectivity index (χ1n) is 6.19. The summed E-state index contributed by atoms with van der Waals surface area (Å²) in [5, 5.41) is 11.3. The van der Waals surface area contributed by atoms with Crippen molar-refractivity contribution in [3.05, 3.63) is 35.9 Å². The minimum atomic E-state index is -0.696. The van der Waals surface area contributed by atoms with Crippen LogP contribution in [0, 0.1) is 0 Å². The van der Waals surface area contributed by atoms with Crippen LogP contribution in [0.4, 0.5) is 0 Å². The summed E-state index contributed by atoms with van der Waals surface area (Å²) in [6.07, 6.45) is 0.961. The van der Waals surface area contributed by atoms with E-state index in [1.54, 1.807) is 0 Å². The number of nitrogens with one attached hydrogen (secondary N) is 1. The summed E-state index contributed by atoms with van der Waals surface area (Å²) in [6, 6.07) is 8.70. The highest BCUT2D eigenvalue weighted by molar-refractivity contribution is 5.84. The van der Waals surface area contributed by atoms with E-state index in [1.165, 1.54) is 7.11 Å². The zero-order valence-corrected chi connectivity index (χ0v) is 11.0. The third-order valence-corrected chi connectivity index (χ3v) is 2.67. The van der Waals surface area contributed by atoms with Gasteiger partial charge in [-0.1, -0.05) is 30.3 Å². The van der Waals surface area contributed by atoms with Crippen LogP contribution < -0.4 is 5.32 Å². The number of hydrogen-bond acceptors (Lipinski definition) is 4. The summed E-state index contributed by atoms with van der Waals surface area (Å²) < 4.78 is 4.69. The van der Waals surface area contributed by atoms with E-state index >= 15 is 0 Å². The summed E-state index contributed by atoms with van der Waals surface area (Å²) in [6.45, 7) is -0.0466. The van der Waals surface area contributed by atoms with Gasteiger partial charge in [0.1, 0.15) is 6.04 Å². The summed E-state index contributed by atoms with van der Waals surface area (Å²) in [7, 11) is 1.29. The molecule has 0 aromatic heterocycles. The quantitative estimate of drug-likeness (QED) is 0.710. The number of aliphatic hydroxyl groups excluding tert-OH is 1. The number of benzene rings is 1. The van der Waals surface area contributed by atoms with Crippen LogP contribution in [0.3, 0.4) is 0 Å². The van der Waals surface area contributed by atoms with Crippen LogP contribution in [0.5, 0.6) is 0 Å². The standard InChI is InChI=1S/C14H19NO4/c1-19-14(18)12(15-13(17)8-5-9-16)10-11-6-3-2-4-7-11/h2-4,6-7,12,16H,5,8-10H2,1H3,(H,15,17). The maximum atomic E-state index is 11.6. The van der Waals surface area contributed by atoms with Crippen LogP contribution in [0.2, 0.25) is 0 Å². The third kappa shape index (κ3) is 5.52. The second-order valence-electron chi connectivity index (χ2n) is 4.16. The zero-order chi connectivity index (χ0) is 14.1. The minimum absolute atomic E-state index is 0.0466. The van der Waals surface area contributed by atoms with Gasteiger partial charge < -0.3 is 15.2 Å². The molecule has 2 N–H and O–H groups in total. The molecule has 0 aliphatic carbocycles. The van der Waals surface area contributed by atoms with Crippen LogP contribution in [-0.2, 0) is 20.7 Å². The Morgan fingerprint density at radius 2 is 2.00 bits per heavy atom. The molecule has 0 bridgehead atoms. The molecule has 1 atom stereocenters. The molecule has 0 fully saturated rings. The lowest BCUT2D eigenvalue weighted by atomic mass is 10.1. The van der Waals surface area contributed by atoms with E-state index in [9.17, 15) is 9.59 Å². The van der Waals surface area contributed by atoms with Crippen molar-refractivity contribution in [1.82, 2.24) is 5.32 Å². The van der Waals surface area contributed by atoms with Crippen LogP contribution in [0.1, 0.15) is 18.4 Å². The number of rotatable bonds is 7. The van der Waals surface area contributed by atoms with Crippen molar-refractivity contribution in [3.8, 4) is 0 Å². The van der Waals surface area contributed by atoms with E-state index in [4.69, 9.17) is 5.11 Å². The fourth-order valence-corrected chi connectivity index (χ4v) is 1.69. The Balaban J connectivity index is 2.62. The Hall–Kier alpha value is -1.88. The molecule has 104 valence electrons. The van der Waals surface area contributed by atoms with Gasteiger partial charge in [0.15, 0.2) is 0 Å². The van der Waals surface area contributed by atoms with E-state index < -0.39 is 12.0 Å². The Labute approximate surface area is 112 Å². The molecule has 0 spiro atoms. The van der Waals surface area contributed by atoms with Crippen LogP contribution >= 0.6 is 0 Å². The van der Waals surface area contributed by atoms with Crippen molar-refractivity contribution in [2.45, 2.75) is 25.3 Å². The van der Waals surface area contributed by atoms with E-state index in [0.29, 0.717) is 12.8 Å². The first kappa shape index (κ1) is 15.2. The van der Waals surface area contributed by atoms with E-state index in [-0.39, 0.29) is 18.9 Å². The van der Waals surface area contributed by atoms with Crippen molar-refractivity contribution in [2.75, 3.05) is 13.7 Å². The number of amides is 1. The van der Waals surface area contributed by atoms with Gasteiger partial charge in [0, 0.05) is 19.4 Å². The summed E-state index contributed by atoms with van der Waals surface area (Å²) in [5.74, 6) is -0.735. The third-order valence-electron chi connectivity index (χ3n) is 2.67. The smallest absolute Gasteiger partial charge is 0.328 e. The van der Waals surface area contributed by atoms with Gasteiger partial charge in [0.25, 0.3) is 0 Å². The maximum Gasteiger partial charge on any atom is 0.328 e. The average molecular weight is 265 g/mol. The second-order valence-corrected chi connectivity index (χ2v) is 4.16. The largest absolute Gasteiger partial charge is 0.467 e. The zero-order valence-electron chi connectivity index (χ0n) is 11.0. The molecule has 1 aromatic rings. The van der Waals surface area contributed by atoms with Crippen molar-refractivity contribution >= 4 is 11.9 Å². The van der Waals surface area contributed by atoms with Gasteiger partial charge in [-0.3, -0.25) is 4.79 Å². The number of hydrogen-bond donors (Lipinski definition) is 2. The number of aliphatic hydroxyl groups is 1. The average Bonchev–Trinajstić information content (AvgIpc) is 2.44. The lowest BCUT2D eigenvalue weighted by Crippen LogP contribution is -2.43. The fourth-order valence-electron chi connectivity index (χ4n) is 1.69. The number of methoxy groups -OCH3 is 1. The highest BCUT2D eigenvalue weighted by Gasteiger charge is 2.21. The number of carbonyl (C=O) groups excluding carboxylic acids is 2. The molecule has 0 saturated heterocycles. The van der Waals surface area contributed by atoms with Crippen LogP contribution in [0.15, 0.2) is 30.3 Å². The van der Waals surface area contributed by atoms with Gasteiger partial charge in [-0.05, 0) is 12.0 Å². The Morgan fingerprint density at radius 1 is 1.32 bits per heavy atom. The van der Waals surface area contributed by atoms with Gasteiger partial charge in [0.2, 0.25) is 5.91 Å². The molecule has 0 aliphatic heterocycles. The molecule has 5 nitrogen and oxygen atoms in total. The Kier molecular flexibility index (Phi) is 6.60. The molecule has 1 amide bonds. The minimum Gasteiger partial charge on any atom is -0.467 e. The summed E-state index contributed by atoms with van der Waals surface area (Å²) in [4.78, 5) is 23.2. The van der Waals surface area contributed by atoms with Gasteiger partial charge in [-0.15, -0.1) is 0 Å². The SMILES string of the molecule is COC(=O)C(Cc1ccccc1)NC(=O)CCCO. The molecule has 19 heavy (non-hydrogen) atoms. The maximum absolute atomic E-state index is 11.6. The van der Waals surface area contributed by atoms with E-state index in [0.717, 1.165) is 5.56 Å². The normalized spacial score (nSPS) is 11.7. The highest BCUT2D eigenvalue weighted by Crippen LogP contribution is 2.05. The number of ether oxygens (including phenoxy) is 1. The van der Waals surface area contributed by atoms with Crippen molar-refractivity contribution < 1.29 is 19.4 Å². The Bertz CT molecular complexity index is 405. The molecule has 1 unspecified atom stereocenters. The monoisotopic (exact) mass is 265 g/mol. The summed E-state index contributed by atoms with van der Waals surface area (Å²) in [5.41, 5.74) is 0.945. The van der Waals surface area contributed by atoms with E-state index in [2.05, 4.69) is 10.1 Å². The molecule has 1 rings (SSSR count). The molecule has 5 heteroatoms. The molecular formula is C14H19NO4. The number of carbonyl (C=O) groups is 2. The lowest BCUT2D eigenvalue weighted by Gasteiger charge is -2.16. The van der Waals surface area contributed by atoms with Gasteiger partial charge in [0.05, 0.1) is 7.11 Å². The first-order valence-corrected chi connectivity index (χ1v) is 6.19. The topological polar surface area (TPSA) is 75.6 Å². The fraction of sp³-hybridized carbons (Fsp3) is 0.429. The van der Waals surface area contributed by atoms with E-state index in [1.807, 2.05) is 30.3 Å². The van der Waals surface area contributed by atoms with Crippen molar-refractivity contribution in [2.24, 2.45) is 0 Å². The van der Waals surface area contributed by atoms with Crippen LogP contribution in [-0.4, -0.2) is 36.7 Å². The van der Waals surface area contributed by atoms with Crippen molar-refractivity contribution in [3.63, 3.8) is 0 Å². The number of esters is 1. The lowest BCUT2D eigenvalue weighted by molar-refractivity contribution is -0.145. The molecule has 0 heterocycles.